The number of amides is 1. The average Bonchev–Trinajstić information content (AvgIpc) is 3.10. The Morgan fingerprint density at radius 1 is 1.28 bits per heavy atom. The second kappa shape index (κ2) is 4.71. The highest BCUT2D eigenvalue weighted by molar-refractivity contribution is 6.36. The molecule has 2 saturated carbocycles. The first-order valence-electron chi connectivity index (χ1n) is 6.25. The molecule has 3 unspecified atom stereocenters. The molecule has 0 aromatic carbocycles. The summed E-state index contributed by atoms with van der Waals surface area (Å²) in [7, 11) is 0. The van der Waals surface area contributed by atoms with E-state index >= 15 is 0 Å². The summed E-state index contributed by atoms with van der Waals surface area (Å²) >= 11 is 11.7. The quantitative estimate of drug-likeness (QED) is 0.840. The molecule has 2 aliphatic carbocycles. The van der Waals surface area contributed by atoms with Gasteiger partial charge in [-0.3, -0.25) is 4.79 Å². The lowest BCUT2D eigenvalue weighted by Crippen LogP contribution is -2.25. The van der Waals surface area contributed by atoms with Crippen LogP contribution in [0.25, 0.3) is 0 Å². The lowest BCUT2D eigenvalue weighted by Gasteiger charge is -2.20. The molecule has 1 N–H and O–H groups in total. The summed E-state index contributed by atoms with van der Waals surface area (Å²) in [6.07, 6.45) is 6.02. The highest BCUT2D eigenvalue weighted by atomic mass is 35.5. The third-order valence-corrected chi connectivity index (χ3v) is 4.51. The number of carbonyl (C=O) groups excluding carboxylic acids is 1. The SMILES string of the molecule is O=C(Nc1cnc(Cl)cc1Cl)C1CCC2CC2C1. The molecule has 3 nitrogen and oxygen atoms in total. The van der Waals surface area contributed by atoms with Crippen molar-refractivity contribution in [1.29, 1.82) is 0 Å². The van der Waals surface area contributed by atoms with Gasteiger partial charge in [-0.15, -0.1) is 0 Å². The molecule has 1 heterocycles. The van der Waals surface area contributed by atoms with Gasteiger partial charge in [0.25, 0.3) is 0 Å². The van der Waals surface area contributed by atoms with Gasteiger partial charge < -0.3 is 5.32 Å². The van der Waals surface area contributed by atoms with Crippen molar-refractivity contribution in [3.63, 3.8) is 0 Å². The molecule has 1 aromatic heterocycles. The van der Waals surface area contributed by atoms with E-state index in [1.807, 2.05) is 0 Å². The number of halogens is 2. The standard InChI is InChI=1S/C13H14Cl2N2O/c14-10-5-12(15)16-6-11(10)17-13(18)8-2-1-7-3-9(7)4-8/h5-9H,1-4H2,(H,17,18). The minimum atomic E-state index is 0.0615. The fourth-order valence-corrected chi connectivity index (χ4v) is 3.24. The van der Waals surface area contributed by atoms with Gasteiger partial charge in [0.15, 0.2) is 0 Å². The highest BCUT2D eigenvalue weighted by Gasteiger charge is 2.43. The van der Waals surface area contributed by atoms with Crippen LogP contribution in [-0.4, -0.2) is 10.9 Å². The van der Waals surface area contributed by atoms with Crippen molar-refractivity contribution in [2.75, 3.05) is 5.32 Å². The first kappa shape index (κ1) is 12.2. The number of hydrogen-bond acceptors (Lipinski definition) is 2. The van der Waals surface area contributed by atoms with Crippen LogP contribution in [0.3, 0.4) is 0 Å². The van der Waals surface area contributed by atoms with Gasteiger partial charge in [0.05, 0.1) is 16.9 Å². The maximum Gasteiger partial charge on any atom is 0.227 e. The van der Waals surface area contributed by atoms with E-state index < -0.39 is 0 Å². The van der Waals surface area contributed by atoms with Crippen LogP contribution in [0, 0.1) is 17.8 Å². The molecule has 2 fully saturated rings. The van der Waals surface area contributed by atoms with Crippen LogP contribution < -0.4 is 5.32 Å². The summed E-state index contributed by atoms with van der Waals surface area (Å²) in [5.41, 5.74) is 0.545. The second-order valence-electron chi connectivity index (χ2n) is 5.24. The number of hydrogen-bond donors (Lipinski definition) is 1. The van der Waals surface area contributed by atoms with Crippen LogP contribution in [0.5, 0.6) is 0 Å². The van der Waals surface area contributed by atoms with E-state index in [9.17, 15) is 4.79 Å². The van der Waals surface area contributed by atoms with Gasteiger partial charge in [-0.25, -0.2) is 4.98 Å². The van der Waals surface area contributed by atoms with E-state index in [1.165, 1.54) is 25.1 Å². The van der Waals surface area contributed by atoms with Crippen molar-refractivity contribution in [3.05, 3.63) is 22.4 Å². The van der Waals surface area contributed by atoms with Crippen molar-refractivity contribution < 1.29 is 4.79 Å². The number of nitrogens with zero attached hydrogens (tertiary/aromatic N) is 1. The van der Waals surface area contributed by atoms with Crippen molar-refractivity contribution in [2.24, 2.45) is 17.8 Å². The van der Waals surface area contributed by atoms with Crippen LogP contribution in [-0.2, 0) is 4.79 Å². The van der Waals surface area contributed by atoms with Crippen LogP contribution in [0.1, 0.15) is 25.7 Å². The molecule has 0 aliphatic heterocycles. The molecule has 5 heteroatoms. The second-order valence-corrected chi connectivity index (χ2v) is 6.04. The van der Waals surface area contributed by atoms with E-state index in [-0.39, 0.29) is 11.8 Å². The average molecular weight is 285 g/mol. The van der Waals surface area contributed by atoms with Gasteiger partial charge in [-0.1, -0.05) is 23.2 Å². The van der Waals surface area contributed by atoms with E-state index in [0.29, 0.717) is 15.9 Å². The Morgan fingerprint density at radius 3 is 2.83 bits per heavy atom. The number of carbonyl (C=O) groups is 1. The Morgan fingerprint density at radius 2 is 2.11 bits per heavy atom. The van der Waals surface area contributed by atoms with E-state index in [1.54, 1.807) is 0 Å². The van der Waals surface area contributed by atoms with Crippen LogP contribution in [0.2, 0.25) is 10.2 Å². The Labute approximate surface area is 116 Å². The molecule has 3 atom stereocenters. The molecule has 2 aliphatic rings. The minimum absolute atomic E-state index is 0.0615. The number of rotatable bonds is 2. The predicted molar refractivity (Wildman–Crippen MR) is 71.8 cm³/mol. The molecule has 18 heavy (non-hydrogen) atoms. The molecule has 1 aromatic rings. The molecule has 1 amide bonds. The molecule has 0 spiro atoms. The number of pyridine rings is 1. The Balaban J connectivity index is 1.66. The summed E-state index contributed by atoms with van der Waals surface area (Å²) in [6, 6.07) is 1.54. The fraction of sp³-hybridized carbons (Fsp3) is 0.538. The van der Waals surface area contributed by atoms with Crippen LogP contribution >= 0.6 is 23.2 Å². The van der Waals surface area contributed by atoms with Crippen molar-refractivity contribution >= 4 is 34.8 Å². The molecular formula is C13H14Cl2N2O. The third-order valence-electron chi connectivity index (χ3n) is 3.99. The maximum absolute atomic E-state index is 12.1. The number of nitrogens with one attached hydrogen (secondary N) is 1. The zero-order valence-corrected chi connectivity index (χ0v) is 11.3. The molecule has 0 bridgehead atoms. The summed E-state index contributed by atoms with van der Waals surface area (Å²) < 4.78 is 0. The number of aromatic nitrogens is 1. The lowest BCUT2D eigenvalue weighted by molar-refractivity contribution is -0.120. The Kier molecular flexibility index (Phi) is 3.20. The summed E-state index contributed by atoms with van der Waals surface area (Å²) in [5.74, 6) is 1.87. The molecular weight excluding hydrogens is 271 g/mol. The van der Waals surface area contributed by atoms with E-state index in [0.717, 1.165) is 24.7 Å². The highest BCUT2D eigenvalue weighted by Crippen LogP contribution is 2.51. The van der Waals surface area contributed by atoms with Crippen molar-refractivity contribution in [2.45, 2.75) is 25.7 Å². The first-order chi connectivity index (χ1) is 8.63. The van der Waals surface area contributed by atoms with Crippen LogP contribution in [0.15, 0.2) is 12.3 Å². The molecule has 96 valence electrons. The van der Waals surface area contributed by atoms with Gasteiger partial charge in [0.2, 0.25) is 5.91 Å². The Bertz CT molecular complexity index is 492. The largest absolute Gasteiger partial charge is 0.323 e. The molecule has 3 rings (SSSR count). The molecule has 0 saturated heterocycles. The first-order valence-corrected chi connectivity index (χ1v) is 7.01. The maximum atomic E-state index is 12.1. The summed E-state index contributed by atoms with van der Waals surface area (Å²) in [4.78, 5) is 16.1. The lowest BCUT2D eigenvalue weighted by atomic mass is 9.88. The van der Waals surface area contributed by atoms with Gasteiger partial charge in [-0.05, 0) is 43.6 Å². The molecule has 0 radical (unpaired) electrons. The van der Waals surface area contributed by atoms with E-state index in [2.05, 4.69) is 10.3 Å². The normalized spacial score (nSPS) is 29.6. The summed E-state index contributed by atoms with van der Waals surface area (Å²) in [6.45, 7) is 0. The van der Waals surface area contributed by atoms with E-state index in [4.69, 9.17) is 23.2 Å². The minimum Gasteiger partial charge on any atom is -0.323 e. The van der Waals surface area contributed by atoms with Crippen molar-refractivity contribution in [1.82, 2.24) is 4.98 Å². The fourth-order valence-electron chi connectivity index (χ4n) is 2.82. The van der Waals surface area contributed by atoms with Crippen LogP contribution in [0.4, 0.5) is 5.69 Å². The topological polar surface area (TPSA) is 42.0 Å². The predicted octanol–water partition coefficient (Wildman–Crippen LogP) is 3.76. The number of fused-ring (bicyclic) bond motifs is 1. The summed E-state index contributed by atoms with van der Waals surface area (Å²) in [5, 5.41) is 3.62. The zero-order chi connectivity index (χ0) is 12.7. The van der Waals surface area contributed by atoms with Gasteiger partial charge in [0.1, 0.15) is 5.15 Å². The zero-order valence-electron chi connectivity index (χ0n) is 9.83. The number of anilines is 1. The monoisotopic (exact) mass is 284 g/mol. The van der Waals surface area contributed by atoms with Gasteiger partial charge in [0, 0.05) is 5.92 Å². The smallest absolute Gasteiger partial charge is 0.227 e. The van der Waals surface area contributed by atoms with Gasteiger partial charge in [-0.2, -0.15) is 0 Å². The van der Waals surface area contributed by atoms with Gasteiger partial charge >= 0.3 is 0 Å². The van der Waals surface area contributed by atoms with Crippen molar-refractivity contribution in [3.8, 4) is 0 Å². The Hall–Kier alpha value is -0.800. The third kappa shape index (κ3) is 2.47.